The number of halogens is 1. The molecule has 0 aliphatic carbocycles. The van der Waals surface area contributed by atoms with E-state index in [1.54, 1.807) is 0 Å². The van der Waals surface area contributed by atoms with Crippen LogP contribution in [-0.2, 0) is 20.7 Å². The fraction of sp³-hybridized carbons (Fsp3) is 0.500. The van der Waals surface area contributed by atoms with E-state index in [9.17, 15) is 9.59 Å². The SMILES string of the molecule is CCCC(Br)C(=O)N[C@@H](CCc1ccccc1)C(=O)OC. The number of carbonyl (C=O) groups excluding carboxylic acids is 2. The van der Waals surface area contributed by atoms with Crippen LogP contribution in [0.3, 0.4) is 0 Å². The number of hydrogen-bond donors (Lipinski definition) is 1. The van der Waals surface area contributed by atoms with E-state index in [-0.39, 0.29) is 10.7 Å². The van der Waals surface area contributed by atoms with Gasteiger partial charge in [0.2, 0.25) is 5.91 Å². The summed E-state index contributed by atoms with van der Waals surface area (Å²) in [6, 6.07) is 9.25. The highest BCUT2D eigenvalue weighted by atomic mass is 79.9. The van der Waals surface area contributed by atoms with Crippen LogP contribution >= 0.6 is 15.9 Å². The quantitative estimate of drug-likeness (QED) is 0.576. The van der Waals surface area contributed by atoms with Gasteiger partial charge in [-0.1, -0.05) is 59.6 Å². The van der Waals surface area contributed by atoms with Gasteiger partial charge in [-0.25, -0.2) is 4.79 Å². The van der Waals surface area contributed by atoms with Gasteiger partial charge in [-0.05, 0) is 24.8 Å². The first kappa shape index (κ1) is 17.7. The van der Waals surface area contributed by atoms with Gasteiger partial charge in [-0.15, -0.1) is 0 Å². The Morgan fingerprint density at radius 1 is 1.24 bits per heavy atom. The molecule has 21 heavy (non-hydrogen) atoms. The highest BCUT2D eigenvalue weighted by Crippen LogP contribution is 2.10. The fourth-order valence-electron chi connectivity index (χ4n) is 1.99. The van der Waals surface area contributed by atoms with E-state index in [2.05, 4.69) is 21.2 Å². The van der Waals surface area contributed by atoms with E-state index in [0.29, 0.717) is 12.8 Å². The number of benzene rings is 1. The lowest BCUT2D eigenvalue weighted by atomic mass is 10.0. The van der Waals surface area contributed by atoms with Crippen molar-refractivity contribution in [3.8, 4) is 0 Å². The molecular formula is C16H22BrNO3. The smallest absolute Gasteiger partial charge is 0.328 e. The number of rotatable bonds is 8. The zero-order valence-electron chi connectivity index (χ0n) is 12.5. The summed E-state index contributed by atoms with van der Waals surface area (Å²) in [6.07, 6.45) is 2.87. The van der Waals surface area contributed by atoms with Gasteiger partial charge < -0.3 is 10.1 Å². The minimum atomic E-state index is -0.611. The van der Waals surface area contributed by atoms with Crippen LogP contribution in [0.2, 0.25) is 0 Å². The fourth-order valence-corrected chi connectivity index (χ4v) is 2.58. The molecule has 1 aromatic rings. The van der Waals surface area contributed by atoms with Gasteiger partial charge >= 0.3 is 5.97 Å². The summed E-state index contributed by atoms with van der Waals surface area (Å²) >= 11 is 3.33. The minimum Gasteiger partial charge on any atom is -0.467 e. The van der Waals surface area contributed by atoms with E-state index in [0.717, 1.165) is 18.4 Å². The van der Waals surface area contributed by atoms with Crippen LogP contribution in [0.4, 0.5) is 0 Å². The number of methoxy groups -OCH3 is 1. The number of amides is 1. The topological polar surface area (TPSA) is 55.4 Å². The maximum absolute atomic E-state index is 12.0. The van der Waals surface area contributed by atoms with Crippen LogP contribution in [0.1, 0.15) is 31.7 Å². The van der Waals surface area contributed by atoms with Crippen LogP contribution in [0.5, 0.6) is 0 Å². The average Bonchev–Trinajstić information content (AvgIpc) is 2.51. The Labute approximate surface area is 134 Å². The molecule has 0 aliphatic rings. The number of nitrogens with one attached hydrogen (secondary N) is 1. The molecule has 0 aromatic heterocycles. The Hall–Kier alpha value is -1.36. The molecule has 0 heterocycles. The Balaban J connectivity index is 2.59. The summed E-state index contributed by atoms with van der Waals surface area (Å²) in [6.45, 7) is 2.01. The molecule has 0 bridgehead atoms. The Kier molecular flexibility index (Phi) is 8.05. The maximum atomic E-state index is 12.0. The summed E-state index contributed by atoms with van der Waals surface area (Å²) in [5, 5.41) is 2.76. The lowest BCUT2D eigenvalue weighted by molar-refractivity contribution is -0.145. The highest BCUT2D eigenvalue weighted by molar-refractivity contribution is 9.10. The van der Waals surface area contributed by atoms with Crippen molar-refractivity contribution in [2.75, 3.05) is 7.11 Å². The van der Waals surface area contributed by atoms with Crippen molar-refractivity contribution < 1.29 is 14.3 Å². The van der Waals surface area contributed by atoms with Crippen molar-refractivity contribution >= 4 is 27.8 Å². The van der Waals surface area contributed by atoms with Crippen LogP contribution in [0.15, 0.2) is 30.3 Å². The second-order valence-electron chi connectivity index (χ2n) is 4.86. The zero-order chi connectivity index (χ0) is 15.7. The van der Waals surface area contributed by atoms with Gasteiger partial charge in [0.15, 0.2) is 0 Å². The summed E-state index contributed by atoms with van der Waals surface area (Å²) in [7, 11) is 1.33. The van der Waals surface area contributed by atoms with E-state index >= 15 is 0 Å². The standard InChI is InChI=1S/C16H22BrNO3/c1-3-7-13(17)15(19)18-14(16(20)21-2)11-10-12-8-5-4-6-9-12/h4-6,8-9,13-14H,3,7,10-11H2,1-2H3,(H,18,19)/t13?,14-/m0/s1. The molecular weight excluding hydrogens is 334 g/mol. The molecule has 0 aliphatic heterocycles. The molecule has 0 saturated carbocycles. The zero-order valence-corrected chi connectivity index (χ0v) is 14.1. The van der Waals surface area contributed by atoms with Crippen molar-refractivity contribution in [2.45, 2.75) is 43.5 Å². The number of hydrogen-bond acceptors (Lipinski definition) is 3. The van der Waals surface area contributed by atoms with Crippen molar-refractivity contribution in [1.82, 2.24) is 5.32 Å². The Bertz CT molecular complexity index is 450. The van der Waals surface area contributed by atoms with Crippen LogP contribution in [-0.4, -0.2) is 29.9 Å². The Morgan fingerprint density at radius 3 is 2.48 bits per heavy atom. The molecule has 0 spiro atoms. The minimum absolute atomic E-state index is 0.166. The first-order chi connectivity index (χ1) is 10.1. The van der Waals surface area contributed by atoms with Gasteiger partial charge in [-0.3, -0.25) is 4.79 Å². The van der Waals surface area contributed by atoms with E-state index in [4.69, 9.17) is 4.74 Å². The van der Waals surface area contributed by atoms with Crippen LogP contribution < -0.4 is 5.32 Å². The first-order valence-electron chi connectivity index (χ1n) is 7.14. The number of alkyl halides is 1. The van der Waals surface area contributed by atoms with Crippen LogP contribution in [0.25, 0.3) is 0 Å². The molecule has 5 heteroatoms. The molecule has 1 N–H and O–H groups in total. The van der Waals surface area contributed by atoms with Gasteiger partial charge in [0, 0.05) is 0 Å². The van der Waals surface area contributed by atoms with Crippen molar-refractivity contribution in [3.63, 3.8) is 0 Å². The molecule has 2 atom stereocenters. The van der Waals surface area contributed by atoms with Gasteiger partial charge in [0.1, 0.15) is 6.04 Å². The molecule has 116 valence electrons. The normalized spacial score (nSPS) is 13.3. The molecule has 0 fully saturated rings. The largest absolute Gasteiger partial charge is 0.467 e. The summed E-state index contributed by atoms with van der Waals surface area (Å²) in [5.41, 5.74) is 1.13. The number of carbonyl (C=O) groups is 2. The van der Waals surface area contributed by atoms with Gasteiger partial charge in [0.05, 0.1) is 11.9 Å². The third-order valence-corrected chi connectivity index (χ3v) is 4.07. The monoisotopic (exact) mass is 355 g/mol. The molecule has 1 rings (SSSR count). The number of aryl methyl sites for hydroxylation is 1. The van der Waals surface area contributed by atoms with Crippen LogP contribution in [0, 0.1) is 0 Å². The first-order valence-corrected chi connectivity index (χ1v) is 8.06. The van der Waals surface area contributed by atoms with E-state index in [1.807, 2.05) is 37.3 Å². The number of ether oxygens (including phenoxy) is 1. The molecule has 1 amide bonds. The van der Waals surface area contributed by atoms with Gasteiger partial charge in [-0.2, -0.15) is 0 Å². The highest BCUT2D eigenvalue weighted by Gasteiger charge is 2.24. The van der Waals surface area contributed by atoms with Crippen molar-refractivity contribution in [3.05, 3.63) is 35.9 Å². The number of esters is 1. The third kappa shape index (κ3) is 6.29. The predicted molar refractivity (Wildman–Crippen MR) is 86.3 cm³/mol. The molecule has 4 nitrogen and oxygen atoms in total. The van der Waals surface area contributed by atoms with Gasteiger partial charge in [0.25, 0.3) is 0 Å². The summed E-state index contributed by atoms with van der Waals surface area (Å²) < 4.78 is 4.77. The molecule has 1 unspecified atom stereocenters. The molecule has 0 saturated heterocycles. The molecule has 1 aromatic carbocycles. The summed E-state index contributed by atoms with van der Waals surface area (Å²) in [5.74, 6) is -0.573. The van der Waals surface area contributed by atoms with E-state index in [1.165, 1.54) is 7.11 Å². The van der Waals surface area contributed by atoms with Crippen molar-refractivity contribution in [2.24, 2.45) is 0 Å². The second-order valence-corrected chi connectivity index (χ2v) is 5.97. The second kappa shape index (κ2) is 9.55. The maximum Gasteiger partial charge on any atom is 0.328 e. The average molecular weight is 356 g/mol. The van der Waals surface area contributed by atoms with E-state index < -0.39 is 12.0 Å². The third-order valence-electron chi connectivity index (χ3n) is 3.19. The lowest BCUT2D eigenvalue weighted by Crippen LogP contribution is -2.44. The van der Waals surface area contributed by atoms with Crippen molar-refractivity contribution in [1.29, 1.82) is 0 Å². The lowest BCUT2D eigenvalue weighted by Gasteiger charge is -2.18. The predicted octanol–water partition coefficient (Wildman–Crippen LogP) is 2.84. The summed E-state index contributed by atoms with van der Waals surface area (Å²) in [4.78, 5) is 23.5. The molecule has 0 radical (unpaired) electrons. The Morgan fingerprint density at radius 2 is 1.90 bits per heavy atom.